The molecule has 0 aliphatic heterocycles. The van der Waals surface area contributed by atoms with Crippen molar-refractivity contribution in [2.75, 3.05) is 5.32 Å². The number of nitrogens with zero attached hydrogens (tertiary/aromatic N) is 3. The monoisotopic (exact) mass is 189 g/mol. The molecule has 0 amide bonds. The lowest BCUT2D eigenvalue weighted by Gasteiger charge is -2.01. The van der Waals surface area contributed by atoms with Crippen LogP contribution in [0.25, 0.3) is 0 Å². The van der Waals surface area contributed by atoms with Crippen LogP contribution < -0.4 is 5.32 Å². The van der Waals surface area contributed by atoms with E-state index in [1.165, 1.54) is 0 Å². The minimum atomic E-state index is 0.680. The van der Waals surface area contributed by atoms with Crippen LogP contribution in [0, 0.1) is 6.92 Å². The van der Waals surface area contributed by atoms with Crippen molar-refractivity contribution in [3.8, 4) is 0 Å². The van der Waals surface area contributed by atoms with Gasteiger partial charge in [-0.1, -0.05) is 0 Å². The average molecular weight is 189 g/mol. The van der Waals surface area contributed by atoms with Gasteiger partial charge in [0.25, 0.3) is 0 Å². The Hall–Kier alpha value is -1.91. The summed E-state index contributed by atoms with van der Waals surface area (Å²) in [7, 11) is 0. The zero-order chi connectivity index (χ0) is 9.80. The van der Waals surface area contributed by atoms with Gasteiger partial charge in [0, 0.05) is 12.4 Å². The maximum Gasteiger partial charge on any atom is 0.144 e. The molecule has 2 rings (SSSR count). The first-order chi connectivity index (χ1) is 6.84. The Morgan fingerprint density at radius 1 is 1.29 bits per heavy atom. The Balaban J connectivity index is 1.95. The van der Waals surface area contributed by atoms with Gasteiger partial charge in [-0.25, -0.2) is 9.97 Å². The number of nitrogens with one attached hydrogen (secondary N) is 2. The Bertz CT molecular complexity index is 395. The van der Waals surface area contributed by atoms with Crippen LogP contribution in [-0.2, 0) is 6.54 Å². The zero-order valence-electron chi connectivity index (χ0n) is 7.86. The van der Waals surface area contributed by atoms with Crippen molar-refractivity contribution in [2.24, 2.45) is 0 Å². The largest absolute Gasteiger partial charge is 0.363 e. The number of imidazole rings is 1. The van der Waals surface area contributed by atoms with Gasteiger partial charge in [-0.3, -0.25) is 4.98 Å². The van der Waals surface area contributed by atoms with Gasteiger partial charge in [0.05, 0.1) is 24.6 Å². The van der Waals surface area contributed by atoms with E-state index in [-0.39, 0.29) is 0 Å². The highest BCUT2D eigenvalue weighted by molar-refractivity contribution is 5.30. The first-order valence-electron chi connectivity index (χ1n) is 4.35. The fourth-order valence-electron chi connectivity index (χ4n) is 1.14. The lowest BCUT2D eigenvalue weighted by molar-refractivity contribution is 1.02. The van der Waals surface area contributed by atoms with Crippen LogP contribution in [0.15, 0.2) is 24.8 Å². The summed E-state index contributed by atoms with van der Waals surface area (Å²) in [5.41, 5.74) is 1.04. The highest BCUT2D eigenvalue weighted by Crippen LogP contribution is 2.01. The summed E-state index contributed by atoms with van der Waals surface area (Å²) in [6.07, 6.45) is 6.79. The average Bonchev–Trinajstić information content (AvgIpc) is 2.63. The van der Waals surface area contributed by atoms with E-state index >= 15 is 0 Å². The second-order valence-corrected chi connectivity index (χ2v) is 2.94. The molecule has 0 bridgehead atoms. The molecule has 0 fully saturated rings. The lowest BCUT2D eigenvalue weighted by Crippen LogP contribution is -2.01. The van der Waals surface area contributed by atoms with E-state index in [4.69, 9.17) is 0 Å². The van der Waals surface area contributed by atoms with Crippen LogP contribution >= 0.6 is 0 Å². The lowest BCUT2D eigenvalue weighted by atomic mass is 10.4. The molecule has 0 saturated heterocycles. The number of hydrogen-bond donors (Lipinski definition) is 2. The highest BCUT2D eigenvalue weighted by atomic mass is 15.0. The second kappa shape index (κ2) is 3.87. The van der Waals surface area contributed by atoms with Crippen LogP contribution in [0.1, 0.15) is 11.5 Å². The smallest absolute Gasteiger partial charge is 0.144 e. The predicted octanol–water partition coefficient (Wildman–Crippen LogP) is 1.12. The molecule has 0 radical (unpaired) electrons. The maximum atomic E-state index is 4.10. The Kier molecular flexibility index (Phi) is 2.40. The van der Waals surface area contributed by atoms with E-state index in [0.29, 0.717) is 6.54 Å². The van der Waals surface area contributed by atoms with Gasteiger partial charge in [0.15, 0.2) is 0 Å². The highest BCUT2D eigenvalue weighted by Gasteiger charge is 1.96. The maximum absolute atomic E-state index is 4.10. The minimum absolute atomic E-state index is 0.680. The molecular weight excluding hydrogens is 178 g/mol. The van der Waals surface area contributed by atoms with E-state index in [9.17, 15) is 0 Å². The molecule has 0 unspecified atom stereocenters. The summed E-state index contributed by atoms with van der Waals surface area (Å²) >= 11 is 0. The molecule has 72 valence electrons. The summed E-state index contributed by atoms with van der Waals surface area (Å²) in [6, 6.07) is 0. The summed E-state index contributed by atoms with van der Waals surface area (Å²) < 4.78 is 0. The number of anilines is 1. The predicted molar refractivity (Wildman–Crippen MR) is 52.7 cm³/mol. The number of rotatable bonds is 3. The Labute approximate surface area is 81.6 Å². The van der Waals surface area contributed by atoms with Crippen LogP contribution in [-0.4, -0.2) is 19.9 Å². The quantitative estimate of drug-likeness (QED) is 0.759. The van der Waals surface area contributed by atoms with E-state index in [2.05, 4.69) is 25.3 Å². The summed E-state index contributed by atoms with van der Waals surface area (Å²) in [5.74, 6) is 1.68. The molecule has 0 saturated carbocycles. The molecule has 0 spiro atoms. The van der Waals surface area contributed by atoms with E-state index in [1.54, 1.807) is 24.8 Å². The van der Waals surface area contributed by atoms with Gasteiger partial charge in [-0.05, 0) is 6.92 Å². The Morgan fingerprint density at radius 3 is 2.86 bits per heavy atom. The molecule has 0 aliphatic carbocycles. The van der Waals surface area contributed by atoms with Crippen molar-refractivity contribution in [1.29, 1.82) is 0 Å². The first kappa shape index (κ1) is 8.68. The van der Waals surface area contributed by atoms with E-state index in [0.717, 1.165) is 17.3 Å². The van der Waals surface area contributed by atoms with Crippen molar-refractivity contribution in [1.82, 2.24) is 19.9 Å². The molecule has 14 heavy (non-hydrogen) atoms. The van der Waals surface area contributed by atoms with Crippen LogP contribution in [0.4, 0.5) is 5.82 Å². The third-order valence-electron chi connectivity index (χ3n) is 1.78. The fourth-order valence-corrected chi connectivity index (χ4v) is 1.14. The van der Waals surface area contributed by atoms with Gasteiger partial charge in [0.1, 0.15) is 11.6 Å². The standard InChI is InChI=1S/C9H11N5/c1-7-12-4-8(14-7)5-13-9-6-10-2-3-11-9/h2-4,6H,5H2,1H3,(H,11,13)(H,12,14). The van der Waals surface area contributed by atoms with Gasteiger partial charge in [0.2, 0.25) is 0 Å². The minimum Gasteiger partial charge on any atom is -0.363 e. The SMILES string of the molecule is Cc1ncc(CNc2cnccn2)[nH]1. The second-order valence-electron chi connectivity index (χ2n) is 2.94. The molecule has 5 heteroatoms. The fraction of sp³-hybridized carbons (Fsp3) is 0.222. The summed E-state index contributed by atoms with van der Waals surface area (Å²) in [6.45, 7) is 2.60. The molecule has 0 atom stereocenters. The number of aryl methyl sites for hydroxylation is 1. The van der Waals surface area contributed by atoms with Crippen molar-refractivity contribution in [3.05, 3.63) is 36.3 Å². The molecule has 0 aromatic carbocycles. The summed E-state index contributed by atoms with van der Waals surface area (Å²) in [4.78, 5) is 15.3. The van der Waals surface area contributed by atoms with Crippen LogP contribution in [0.5, 0.6) is 0 Å². The van der Waals surface area contributed by atoms with Gasteiger partial charge in [-0.2, -0.15) is 0 Å². The van der Waals surface area contributed by atoms with Gasteiger partial charge in [-0.15, -0.1) is 0 Å². The normalized spacial score (nSPS) is 10.1. The summed E-state index contributed by atoms with van der Waals surface area (Å²) in [5, 5.41) is 3.13. The third kappa shape index (κ3) is 2.07. The van der Waals surface area contributed by atoms with Crippen molar-refractivity contribution in [3.63, 3.8) is 0 Å². The van der Waals surface area contributed by atoms with E-state index in [1.807, 2.05) is 6.92 Å². The van der Waals surface area contributed by atoms with Gasteiger partial charge < -0.3 is 10.3 Å². The number of H-pyrrole nitrogens is 1. The first-order valence-corrected chi connectivity index (χ1v) is 4.35. The molecule has 2 heterocycles. The van der Waals surface area contributed by atoms with E-state index < -0.39 is 0 Å². The number of aromatic nitrogens is 4. The molecule has 2 aromatic rings. The number of hydrogen-bond acceptors (Lipinski definition) is 4. The van der Waals surface area contributed by atoms with Crippen molar-refractivity contribution < 1.29 is 0 Å². The zero-order valence-corrected chi connectivity index (χ0v) is 7.86. The van der Waals surface area contributed by atoms with Crippen molar-refractivity contribution >= 4 is 5.82 Å². The molecule has 2 N–H and O–H groups in total. The molecule has 2 aromatic heterocycles. The molecular formula is C9H11N5. The Morgan fingerprint density at radius 2 is 2.21 bits per heavy atom. The molecule has 0 aliphatic rings. The van der Waals surface area contributed by atoms with Gasteiger partial charge >= 0.3 is 0 Å². The van der Waals surface area contributed by atoms with Crippen LogP contribution in [0.3, 0.4) is 0 Å². The van der Waals surface area contributed by atoms with Crippen LogP contribution in [0.2, 0.25) is 0 Å². The topological polar surface area (TPSA) is 66.5 Å². The third-order valence-corrected chi connectivity index (χ3v) is 1.78. The van der Waals surface area contributed by atoms with Crippen molar-refractivity contribution in [2.45, 2.75) is 13.5 Å². The number of aromatic amines is 1. The molecule has 5 nitrogen and oxygen atoms in total.